The van der Waals surface area contributed by atoms with E-state index in [0.717, 1.165) is 12.3 Å². The smallest absolute Gasteiger partial charge is 0.337 e. The van der Waals surface area contributed by atoms with Crippen LogP contribution in [-0.4, -0.2) is 21.0 Å². The second-order valence-electron chi connectivity index (χ2n) is 2.16. The molecular weight excluding hydrogens is 220 g/mol. The van der Waals surface area contributed by atoms with E-state index in [1.54, 1.807) is 0 Å². The molecule has 1 rings (SSSR count). The topological polar surface area (TPSA) is 96.2 Å². The summed E-state index contributed by atoms with van der Waals surface area (Å²) >= 11 is 4.58. The van der Waals surface area contributed by atoms with E-state index in [0.29, 0.717) is 0 Å². The van der Waals surface area contributed by atoms with Gasteiger partial charge in [-0.3, -0.25) is 10.1 Å². The lowest BCUT2D eigenvalue weighted by molar-refractivity contribution is -0.385. The predicted molar refractivity (Wildman–Crippen MR) is 56.6 cm³/mol. The Morgan fingerprint density at radius 1 is 1.60 bits per heavy atom. The van der Waals surface area contributed by atoms with Crippen molar-refractivity contribution in [1.82, 2.24) is 4.98 Å². The van der Waals surface area contributed by atoms with Crippen molar-refractivity contribution in [2.45, 2.75) is 13.8 Å². The number of carboxylic acid groups (broad SMARTS) is 1. The lowest BCUT2D eigenvalue weighted by Gasteiger charge is -1.94. The minimum absolute atomic E-state index is 0.0880. The molecule has 0 aliphatic rings. The van der Waals surface area contributed by atoms with Crippen LogP contribution in [-0.2, 0) is 0 Å². The van der Waals surface area contributed by atoms with Gasteiger partial charge in [0.05, 0.1) is 10.5 Å². The second-order valence-corrected chi connectivity index (χ2v) is 2.57. The Morgan fingerprint density at radius 2 is 2.13 bits per heavy atom. The molecule has 0 amide bonds. The fourth-order valence-corrected chi connectivity index (χ4v) is 0.923. The number of nitrogens with one attached hydrogen (secondary N) is 1. The van der Waals surface area contributed by atoms with Gasteiger partial charge in [-0.05, 0) is 0 Å². The SMILES string of the molecule is CC.O=C(O)c1c[nH]c(=S)c([N+](=O)[O-])c1. The van der Waals surface area contributed by atoms with Gasteiger partial charge in [0, 0.05) is 12.3 Å². The molecule has 0 unspecified atom stereocenters. The molecule has 0 aromatic carbocycles. The fourth-order valence-electron chi connectivity index (χ4n) is 0.731. The van der Waals surface area contributed by atoms with E-state index in [-0.39, 0.29) is 10.2 Å². The van der Waals surface area contributed by atoms with E-state index < -0.39 is 16.6 Å². The van der Waals surface area contributed by atoms with Gasteiger partial charge in [-0.25, -0.2) is 4.79 Å². The minimum Gasteiger partial charge on any atom is -0.478 e. The molecule has 15 heavy (non-hydrogen) atoms. The van der Waals surface area contributed by atoms with Crippen LogP contribution in [0.25, 0.3) is 0 Å². The van der Waals surface area contributed by atoms with Gasteiger partial charge in [0.15, 0.2) is 4.64 Å². The highest BCUT2D eigenvalue weighted by Crippen LogP contribution is 2.13. The van der Waals surface area contributed by atoms with Gasteiger partial charge in [0.2, 0.25) is 0 Å². The quantitative estimate of drug-likeness (QED) is 0.462. The highest BCUT2D eigenvalue weighted by Gasteiger charge is 2.12. The van der Waals surface area contributed by atoms with Crippen LogP contribution >= 0.6 is 12.2 Å². The molecule has 0 bridgehead atoms. The van der Waals surface area contributed by atoms with E-state index >= 15 is 0 Å². The largest absolute Gasteiger partial charge is 0.478 e. The average Bonchev–Trinajstić information content (AvgIpc) is 2.20. The number of rotatable bonds is 2. The summed E-state index contributed by atoms with van der Waals surface area (Å²) in [6, 6.07) is 0.918. The highest BCUT2D eigenvalue weighted by molar-refractivity contribution is 7.71. The number of H-pyrrole nitrogens is 1. The minimum atomic E-state index is -1.24. The van der Waals surface area contributed by atoms with Crippen LogP contribution in [0.5, 0.6) is 0 Å². The van der Waals surface area contributed by atoms with Gasteiger partial charge in [0.25, 0.3) is 0 Å². The van der Waals surface area contributed by atoms with Crippen molar-refractivity contribution < 1.29 is 14.8 Å². The number of pyridine rings is 1. The van der Waals surface area contributed by atoms with Crippen molar-refractivity contribution in [2.24, 2.45) is 0 Å². The molecule has 2 N–H and O–H groups in total. The van der Waals surface area contributed by atoms with Gasteiger partial charge < -0.3 is 10.1 Å². The summed E-state index contributed by atoms with van der Waals surface area (Å²) in [5.74, 6) is -1.24. The van der Waals surface area contributed by atoms with Crippen molar-refractivity contribution >= 4 is 23.9 Å². The average molecular weight is 230 g/mol. The molecule has 0 aliphatic carbocycles. The lowest BCUT2D eigenvalue weighted by atomic mass is 10.3. The molecule has 0 fully saturated rings. The molecule has 1 aromatic rings. The van der Waals surface area contributed by atoms with Crippen molar-refractivity contribution in [2.75, 3.05) is 0 Å². The number of nitrogens with zero attached hydrogens (tertiary/aromatic N) is 1. The van der Waals surface area contributed by atoms with E-state index in [4.69, 9.17) is 5.11 Å². The van der Waals surface area contributed by atoms with Gasteiger partial charge in [-0.2, -0.15) is 0 Å². The molecular formula is C8H10N2O4S. The third kappa shape index (κ3) is 3.47. The zero-order valence-corrected chi connectivity index (χ0v) is 9.00. The number of hydrogen-bond donors (Lipinski definition) is 2. The second kappa shape index (κ2) is 5.86. The molecule has 1 aromatic heterocycles. The molecule has 0 saturated heterocycles. The number of aromatic carboxylic acids is 1. The molecule has 0 saturated carbocycles. The maximum Gasteiger partial charge on any atom is 0.337 e. The van der Waals surface area contributed by atoms with E-state index in [2.05, 4.69) is 17.2 Å². The standard InChI is InChI=1S/C6H4N2O4S.C2H6/c9-6(10)3-1-4(8(11)12)5(13)7-2-3;1-2/h1-2H,(H,7,13)(H,9,10);1-2H3. The summed E-state index contributed by atoms with van der Waals surface area (Å²) in [7, 11) is 0. The summed E-state index contributed by atoms with van der Waals surface area (Å²) in [5.41, 5.74) is -0.602. The monoisotopic (exact) mass is 230 g/mol. The van der Waals surface area contributed by atoms with Crippen LogP contribution in [0.3, 0.4) is 0 Å². The van der Waals surface area contributed by atoms with E-state index in [1.165, 1.54) is 0 Å². The summed E-state index contributed by atoms with van der Waals surface area (Å²) in [6.07, 6.45) is 1.11. The lowest BCUT2D eigenvalue weighted by Crippen LogP contribution is -1.99. The third-order valence-electron chi connectivity index (χ3n) is 1.33. The Balaban J connectivity index is 0.000000921. The van der Waals surface area contributed by atoms with Crippen LogP contribution in [0, 0.1) is 14.8 Å². The number of carboxylic acids is 1. The number of aromatic amines is 1. The van der Waals surface area contributed by atoms with Crippen LogP contribution in [0.4, 0.5) is 5.69 Å². The zero-order chi connectivity index (χ0) is 12.0. The number of aromatic nitrogens is 1. The van der Waals surface area contributed by atoms with Crippen molar-refractivity contribution in [3.63, 3.8) is 0 Å². The highest BCUT2D eigenvalue weighted by atomic mass is 32.1. The summed E-state index contributed by atoms with van der Waals surface area (Å²) in [6.45, 7) is 4.00. The molecule has 0 radical (unpaired) electrons. The third-order valence-corrected chi connectivity index (χ3v) is 1.65. The van der Waals surface area contributed by atoms with Crippen LogP contribution in [0.1, 0.15) is 24.2 Å². The molecule has 7 heteroatoms. The van der Waals surface area contributed by atoms with Gasteiger partial charge >= 0.3 is 11.7 Å². The number of carbonyl (C=O) groups is 1. The first-order valence-electron chi connectivity index (χ1n) is 4.13. The maximum absolute atomic E-state index is 10.4. The zero-order valence-electron chi connectivity index (χ0n) is 8.18. The first kappa shape index (κ1) is 13.2. The van der Waals surface area contributed by atoms with Crippen molar-refractivity contribution in [3.8, 4) is 0 Å². The summed E-state index contributed by atoms with van der Waals surface area (Å²) < 4.78 is -0.0880. The van der Waals surface area contributed by atoms with Crippen LogP contribution in [0.15, 0.2) is 12.3 Å². The first-order chi connectivity index (χ1) is 7.02. The number of nitro groups is 1. The van der Waals surface area contributed by atoms with Crippen LogP contribution in [0.2, 0.25) is 0 Å². The predicted octanol–water partition coefficient (Wildman–Crippen LogP) is 2.38. The molecule has 1 heterocycles. The first-order valence-corrected chi connectivity index (χ1v) is 4.53. The molecule has 0 spiro atoms. The Hall–Kier alpha value is -1.76. The van der Waals surface area contributed by atoms with E-state index in [9.17, 15) is 14.9 Å². The van der Waals surface area contributed by atoms with Crippen molar-refractivity contribution in [3.05, 3.63) is 32.6 Å². The van der Waals surface area contributed by atoms with Gasteiger partial charge in [0.1, 0.15) is 0 Å². The Bertz CT molecular complexity index is 427. The summed E-state index contributed by atoms with van der Waals surface area (Å²) in [5, 5.41) is 18.8. The Kier molecular flexibility index (Phi) is 5.18. The fraction of sp³-hybridized carbons (Fsp3) is 0.250. The Labute approximate surface area is 90.7 Å². The normalized spacial score (nSPS) is 8.67. The molecule has 82 valence electrons. The van der Waals surface area contributed by atoms with Crippen LogP contribution < -0.4 is 0 Å². The summed E-state index contributed by atoms with van der Waals surface area (Å²) in [4.78, 5) is 22.3. The van der Waals surface area contributed by atoms with Crippen molar-refractivity contribution in [1.29, 1.82) is 0 Å². The molecule has 0 atom stereocenters. The maximum atomic E-state index is 10.4. The van der Waals surface area contributed by atoms with E-state index in [1.807, 2.05) is 13.8 Å². The van der Waals surface area contributed by atoms with Gasteiger partial charge in [-0.15, -0.1) is 0 Å². The Morgan fingerprint density at radius 3 is 2.53 bits per heavy atom. The molecule has 0 aliphatic heterocycles. The molecule has 6 nitrogen and oxygen atoms in total. The number of hydrogen-bond acceptors (Lipinski definition) is 4. The van der Waals surface area contributed by atoms with Gasteiger partial charge in [-0.1, -0.05) is 26.1 Å².